The Balaban J connectivity index is 0.0000174. The molecule has 0 unspecified atom stereocenters. The minimum absolute atomic E-state index is 0. The Bertz CT molecular complexity index is 1320. The van der Waals surface area contributed by atoms with E-state index in [0.717, 1.165) is 55.6 Å². The van der Waals surface area contributed by atoms with Crippen LogP contribution in [0.3, 0.4) is 0 Å². The Hall–Kier alpha value is -2.08. The second kappa shape index (κ2) is 42.6. The number of benzene rings is 2. The molecule has 2 nitrogen and oxygen atoms in total. The fraction of sp³-hybridized carbons (Fsp3) is 0.679. The third-order valence-corrected chi connectivity index (χ3v) is 11.8. The maximum Gasteiger partial charge on any atom is 0.0665 e. The molecular weight excluding hydrogens is 807 g/mol. The van der Waals surface area contributed by atoms with Crippen molar-refractivity contribution in [3.63, 3.8) is 0 Å². The summed E-state index contributed by atoms with van der Waals surface area (Å²) in [4.78, 5) is 10.4. The Labute approximate surface area is 381 Å². The molecule has 2 aromatic rings. The predicted molar refractivity (Wildman–Crippen MR) is 263 cm³/mol. The van der Waals surface area contributed by atoms with Crippen molar-refractivity contribution in [2.75, 3.05) is 0 Å². The summed E-state index contributed by atoms with van der Waals surface area (Å²) in [5.41, 5.74) is 6.03. The van der Waals surface area contributed by atoms with E-state index < -0.39 is 0 Å². The van der Waals surface area contributed by atoms with Gasteiger partial charge in [-0.2, -0.15) is 0 Å². The molecule has 0 N–H and O–H groups in total. The van der Waals surface area contributed by atoms with Crippen molar-refractivity contribution in [3.05, 3.63) is 84.0 Å². The van der Waals surface area contributed by atoms with Crippen molar-refractivity contribution < 1.29 is 20.4 Å². The van der Waals surface area contributed by atoms with Gasteiger partial charge in [0, 0.05) is 26.6 Å². The molecule has 2 aromatic carbocycles. The van der Waals surface area contributed by atoms with Crippen molar-refractivity contribution in [2.45, 2.75) is 245 Å². The summed E-state index contributed by atoms with van der Waals surface area (Å²) in [5, 5.41) is 0. The van der Waals surface area contributed by atoms with Gasteiger partial charge in [-0.1, -0.05) is 229 Å². The average Bonchev–Trinajstić information content (AvgIpc) is 3.24. The molecule has 0 radical (unpaired) electrons. The van der Waals surface area contributed by atoms with Gasteiger partial charge in [-0.05, 0) is 100 Å². The number of hydrogen-bond donors (Lipinski definition) is 0. The number of nitrogens with zero attached hydrogens (tertiary/aromatic N) is 2. The van der Waals surface area contributed by atoms with Crippen molar-refractivity contribution in [1.29, 1.82) is 0 Å². The predicted octanol–water partition coefficient (Wildman–Crippen LogP) is 19.3. The van der Waals surface area contributed by atoms with Gasteiger partial charge in [-0.3, -0.25) is 9.98 Å². The van der Waals surface area contributed by atoms with Gasteiger partial charge in [-0.25, -0.2) is 0 Å². The maximum absolute atomic E-state index is 5.28. The molecule has 0 amide bonds. The van der Waals surface area contributed by atoms with Crippen molar-refractivity contribution >= 4 is 23.3 Å². The van der Waals surface area contributed by atoms with E-state index in [1.165, 1.54) is 197 Å². The second-order valence-corrected chi connectivity index (χ2v) is 17.3. The molecule has 0 saturated heterocycles. The van der Waals surface area contributed by atoms with Crippen molar-refractivity contribution in [3.8, 4) is 0 Å². The first-order valence-electron chi connectivity index (χ1n) is 25.4. The zero-order chi connectivity index (χ0) is 41.2. The molecule has 0 aromatic heterocycles. The largest absolute Gasteiger partial charge is 0.255 e. The summed E-state index contributed by atoms with van der Waals surface area (Å²) in [7, 11) is 0. The topological polar surface area (TPSA) is 24.7 Å². The van der Waals surface area contributed by atoms with Crippen LogP contribution in [-0.2, 0) is 33.3 Å². The molecule has 0 bridgehead atoms. The van der Waals surface area contributed by atoms with Crippen LogP contribution in [0.2, 0.25) is 0 Å². The van der Waals surface area contributed by atoms with Gasteiger partial charge >= 0.3 is 0 Å². The van der Waals surface area contributed by atoms with Gasteiger partial charge in [0.1, 0.15) is 0 Å². The first kappa shape index (κ1) is 54.9. The molecule has 0 saturated carbocycles. The van der Waals surface area contributed by atoms with Gasteiger partial charge in [-0.15, -0.1) is 0 Å². The molecule has 0 fully saturated rings. The van der Waals surface area contributed by atoms with Crippen LogP contribution in [0.25, 0.3) is 0 Å². The van der Waals surface area contributed by atoms with Crippen LogP contribution in [0.15, 0.2) is 82.8 Å². The Morgan fingerprint density at radius 3 is 1.17 bits per heavy atom. The maximum atomic E-state index is 5.28. The Morgan fingerprint density at radius 1 is 0.390 bits per heavy atom. The van der Waals surface area contributed by atoms with Gasteiger partial charge in [0.25, 0.3) is 0 Å². The number of hydrogen-bond acceptors (Lipinski definition) is 2. The number of rotatable bonds is 40. The SMILES string of the molecule is CCCCCCCCCCCCC/C=C/CCCc1ccccc1/N=C\C(CCCCCC)=N\c1ccccc1CCC/C=C/CCCCCCCCCCCCC.[Pd]. The molecule has 0 spiro atoms. The molecular formula is C56H92N2Pd. The minimum atomic E-state index is 0. The smallest absolute Gasteiger partial charge is 0.0665 e. The molecule has 0 atom stereocenters. The van der Waals surface area contributed by atoms with Crippen LogP contribution in [0.5, 0.6) is 0 Å². The molecule has 0 heterocycles. The fourth-order valence-electron chi connectivity index (χ4n) is 8.01. The summed E-state index contributed by atoms with van der Waals surface area (Å²) in [6.45, 7) is 6.89. The van der Waals surface area contributed by atoms with E-state index in [0.29, 0.717) is 0 Å². The second-order valence-electron chi connectivity index (χ2n) is 17.3. The van der Waals surface area contributed by atoms with E-state index >= 15 is 0 Å². The first-order chi connectivity index (χ1) is 28.8. The summed E-state index contributed by atoms with van der Waals surface area (Å²) in [5.74, 6) is 0. The number of allylic oxidation sites excluding steroid dienone is 4. The molecule has 0 aliphatic heterocycles. The summed E-state index contributed by atoms with van der Waals surface area (Å²) in [6.07, 6.45) is 58.0. The summed E-state index contributed by atoms with van der Waals surface area (Å²) < 4.78 is 0. The van der Waals surface area contributed by atoms with E-state index in [9.17, 15) is 0 Å². The number of para-hydroxylation sites is 2. The molecule has 3 heteroatoms. The van der Waals surface area contributed by atoms with Gasteiger partial charge in [0.2, 0.25) is 0 Å². The van der Waals surface area contributed by atoms with Crippen LogP contribution < -0.4 is 0 Å². The van der Waals surface area contributed by atoms with Crippen LogP contribution in [0.1, 0.15) is 244 Å². The van der Waals surface area contributed by atoms with Crippen LogP contribution >= 0.6 is 0 Å². The monoisotopic (exact) mass is 899 g/mol. The van der Waals surface area contributed by atoms with Gasteiger partial charge in [0.05, 0.1) is 17.1 Å². The van der Waals surface area contributed by atoms with E-state index in [4.69, 9.17) is 9.98 Å². The first-order valence-corrected chi connectivity index (χ1v) is 25.4. The molecule has 0 aliphatic carbocycles. The summed E-state index contributed by atoms with van der Waals surface area (Å²) >= 11 is 0. The minimum Gasteiger partial charge on any atom is -0.255 e. The molecule has 0 aliphatic rings. The van der Waals surface area contributed by atoms with E-state index in [-0.39, 0.29) is 20.4 Å². The van der Waals surface area contributed by atoms with E-state index in [2.05, 4.69) is 99.8 Å². The Morgan fingerprint density at radius 2 is 0.729 bits per heavy atom. The number of aryl methyl sites for hydroxylation is 2. The van der Waals surface area contributed by atoms with Crippen LogP contribution in [0, 0.1) is 0 Å². The third kappa shape index (κ3) is 32.3. The Kier molecular flexibility index (Phi) is 39.7. The summed E-state index contributed by atoms with van der Waals surface area (Å²) in [6, 6.07) is 17.5. The molecule has 2 rings (SSSR count). The third-order valence-electron chi connectivity index (χ3n) is 11.8. The standard InChI is InChI=1S/C56H92N2.Pd/c1-4-7-10-13-15-17-19-21-23-25-27-29-31-33-35-37-44-52-46-40-42-49-55(52)57-51-54(48-39-12-9-6-3)58-56-50-43-41-47-53(56)45-38-36-34-32-30-28-26-24-22-20-18-16-14-11-8-5-2;/h31-34,40-43,46-47,49-51H,4-30,35-39,44-45,48H2,1-3H3;/b33-31+,34-32+,57-51-,58-54+;. The van der Waals surface area contributed by atoms with Crippen molar-refractivity contribution in [2.24, 2.45) is 9.98 Å². The average molecular weight is 900 g/mol. The zero-order valence-electron chi connectivity index (χ0n) is 39.0. The van der Waals surface area contributed by atoms with Gasteiger partial charge < -0.3 is 0 Å². The van der Waals surface area contributed by atoms with Crippen LogP contribution in [0.4, 0.5) is 11.4 Å². The van der Waals surface area contributed by atoms with E-state index in [1.54, 1.807) is 0 Å². The zero-order valence-corrected chi connectivity index (χ0v) is 40.5. The number of aliphatic imine (C=N–C) groups is 2. The number of unbranched alkanes of at least 4 members (excludes halogenated alkanes) is 27. The molecule has 59 heavy (non-hydrogen) atoms. The molecule has 336 valence electrons. The van der Waals surface area contributed by atoms with Crippen LogP contribution in [-0.4, -0.2) is 11.9 Å². The normalized spacial score (nSPS) is 12.1. The fourth-order valence-corrected chi connectivity index (χ4v) is 8.01. The van der Waals surface area contributed by atoms with Crippen molar-refractivity contribution in [1.82, 2.24) is 0 Å². The quantitative estimate of drug-likeness (QED) is 0.0276. The van der Waals surface area contributed by atoms with E-state index in [1.807, 2.05) is 0 Å². The van der Waals surface area contributed by atoms with Gasteiger partial charge in [0.15, 0.2) is 0 Å².